The van der Waals surface area contributed by atoms with Crippen molar-refractivity contribution in [1.29, 1.82) is 0 Å². The van der Waals surface area contributed by atoms with Crippen molar-refractivity contribution in [3.63, 3.8) is 0 Å². The number of aromatic nitrogens is 1. The molecule has 2 N–H and O–H groups in total. The van der Waals surface area contributed by atoms with Crippen LogP contribution in [-0.4, -0.2) is 66.6 Å². The molecule has 0 bridgehead atoms. The molecule has 0 saturated carbocycles. The molecular formula is C17H29N5O. The third-order valence-electron chi connectivity index (χ3n) is 4.27. The maximum absolute atomic E-state index is 11.8. The molecule has 0 radical (unpaired) electrons. The number of piperazine rings is 1. The maximum atomic E-state index is 11.8. The number of rotatable bonds is 7. The van der Waals surface area contributed by atoms with Crippen molar-refractivity contribution in [3.8, 4) is 0 Å². The maximum Gasteiger partial charge on any atom is 0.315 e. The van der Waals surface area contributed by atoms with E-state index in [2.05, 4.69) is 39.3 Å². The van der Waals surface area contributed by atoms with Crippen molar-refractivity contribution in [1.82, 2.24) is 25.4 Å². The van der Waals surface area contributed by atoms with Gasteiger partial charge in [0.05, 0.1) is 0 Å². The Morgan fingerprint density at radius 3 is 2.65 bits per heavy atom. The van der Waals surface area contributed by atoms with Crippen LogP contribution in [0, 0.1) is 5.92 Å². The highest BCUT2D eigenvalue weighted by Gasteiger charge is 2.17. The molecule has 2 amide bonds. The lowest BCUT2D eigenvalue weighted by Crippen LogP contribution is -2.48. The fourth-order valence-electron chi connectivity index (χ4n) is 2.81. The van der Waals surface area contributed by atoms with Crippen LogP contribution < -0.4 is 10.6 Å². The predicted octanol–water partition coefficient (Wildman–Crippen LogP) is 1.15. The van der Waals surface area contributed by atoms with Crippen LogP contribution in [0.4, 0.5) is 4.79 Å². The summed E-state index contributed by atoms with van der Waals surface area (Å²) in [5, 5.41) is 5.82. The van der Waals surface area contributed by atoms with E-state index in [0.29, 0.717) is 19.0 Å². The minimum absolute atomic E-state index is 0.114. The third kappa shape index (κ3) is 6.54. The second-order valence-electron chi connectivity index (χ2n) is 6.26. The van der Waals surface area contributed by atoms with Crippen LogP contribution >= 0.6 is 0 Å². The van der Waals surface area contributed by atoms with Crippen molar-refractivity contribution in [2.75, 3.05) is 45.8 Å². The largest absolute Gasteiger partial charge is 0.338 e. The van der Waals surface area contributed by atoms with E-state index in [1.54, 1.807) is 12.4 Å². The number of amides is 2. The van der Waals surface area contributed by atoms with Crippen LogP contribution in [0.5, 0.6) is 0 Å². The first-order chi connectivity index (χ1) is 11.2. The van der Waals surface area contributed by atoms with Gasteiger partial charge in [-0.1, -0.05) is 19.9 Å². The minimum atomic E-state index is -0.114. The van der Waals surface area contributed by atoms with Crippen molar-refractivity contribution < 1.29 is 4.79 Å². The summed E-state index contributed by atoms with van der Waals surface area (Å²) in [5.41, 5.74) is 1.00. The van der Waals surface area contributed by atoms with E-state index in [-0.39, 0.29) is 6.03 Å². The molecule has 1 aromatic rings. The Balaban J connectivity index is 1.58. The van der Waals surface area contributed by atoms with Gasteiger partial charge >= 0.3 is 6.03 Å². The molecule has 23 heavy (non-hydrogen) atoms. The van der Waals surface area contributed by atoms with Crippen LogP contribution in [0.25, 0.3) is 0 Å². The topological polar surface area (TPSA) is 60.5 Å². The summed E-state index contributed by atoms with van der Waals surface area (Å²) < 4.78 is 0. The number of nitrogens with zero attached hydrogens (tertiary/aromatic N) is 3. The fourth-order valence-corrected chi connectivity index (χ4v) is 2.81. The Labute approximate surface area is 139 Å². The zero-order chi connectivity index (χ0) is 16.5. The lowest BCUT2D eigenvalue weighted by atomic mass is 10.1. The van der Waals surface area contributed by atoms with Gasteiger partial charge in [0.25, 0.3) is 0 Å². The molecule has 6 heteroatoms. The average Bonchev–Trinajstić information content (AvgIpc) is 2.60. The third-order valence-corrected chi connectivity index (χ3v) is 4.27. The number of carbonyl (C=O) groups is 1. The molecule has 0 aliphatic carbocycles. The molecular weight excluding hydrogens is 290 g/mol. The van der Waals surface area contributed by atoms with Gasteiger partial charge in [-0.2, -0.15) is 0 Å². The zero-order valence-corrected chi connectivity index (χ0v) is 14.3. The predicted molar refractivity (Wildman–Crippen MR) is 92.2 cm³/mol. The molecule has 0 unspecified atom stereocenters. The first-order valence-corrected chi connectivity index (χ1v) is 8.52. The van der Waals surface area contributed by atoms with Crippen LogP contribution in [0.3, 0.4) is 0 Å². The molecule has 1 aromatic heterocycles. The average molecular weight is 319 g/mol. The van der Waals surface area contributed by atoms with E-state index >= 15 is 0 Å². The van der Waals surface area contributed by atoms with E-state index in [0.717, 1.165) is 44.8 Å². The number of likely N-dealkylation sites (N-methyl/N-ethyl adjacent to an activating group) is 1. The molecule has 1 fully saturated rings. The van der Waals surface area contributed by atoms with Crippen LogP contribution in [0.1, 0.15) is 19.4 Å². The number of nitrogens with one attached hydrogen (secondary N) is 2. The van der Waals surface area contributed by atoms with E-state index in [1.807, 2.05) is 12.1 Å². The number of pyridine rings is 1. The van der Waals surface area contributed by atoms with Crippen molar-refractivity contribution in [2.24, 2.45) is 5.92 Å². The van der Waals surface area contributed by atoms with Crippen molar-refractivity contribution in [2.45, 2.75) is 20.4 Å². The Morgan fingerprint density at radius 2 is 2.00 bits per heavy atom. The molecule has 0 spiro atoms. The van der Waals surface area contributed by atoms with E-state index in [9.17, 15) is 4.79 Å². The van der Waals surface area contributed by atoms with E-state index in [4.69, 9.17) is 0 Å². The van der Waals surface area contributed by atoms with Gasteiger partial charge < -0.3 is 20.4 Å². The Hall–Kier alpha value is -1.66. The quantitative estimate of drug-likeness (QED) is 0.792. The SMILES string of the molecule is CCN1CCN(C[C@@H](C)CNC(=O)NCc2cccnc2)CC1. The number of hydrogen-bond acceptors (Lipinski definition) is 4. The van der Waals surface area contributed by atoms with Gasteiger partial charge in [-0.15, -0.1) is 0 Å². The van der Waals surface area contributed by atoms with Crippen LogP contribution in [-0.2, 0) is 6.54 Å². The summed E-state index contributed by atoms with van der Waals surface area (Å²) in [6, 6.07) is 3.71. The monoisotopic (exact) mass is 319 g/mol. The number of carbonyl (C=O) groups excluding carboxylic acids is 1. The van der Waals surface area contributed by atoms with Crippen LogP contribution in [0.15, 0.2) is 24.5 Å². The molecule has 2 rings (SSSR count). The standard InChI is InChI=1S/C17H29N5O/c1-3-21-7-9-22(10-8-21)14-15(2)11-19-17(23)20-13-16-5-4-6-18-12-16/h4-6,12,15H,3,7-11,13-14H2,1-2H3,(H2,19,20,23)/t15-/m0/s1. The van der Waals surface area contributed by atoms with E-state index in [1.165, 1.54) is 0 Å². The van der Waals surface area contributed by atoms with Gasteiger partial charge in [-0.05, 0) is 24.1 Å². The first-order valence-electron chi connectivity index (χ1n) is 8.52. The Kier molecular flexibility index (Phi) is 7.29. The summed E-state index contributed by atoms with van der Waals surface area (Å²) in [5.74, 6) is 0.451. The molecule has 2 heterocycles. The summed E-state index contributed by atoms with van der Waals surface area (Å²) in [4.78, 5) is 20.8. The lowest BCUT2D eigenvalue weighted by Gasteiger charge is -2.35. The minimum Gasteiger partial charge on any atom is -0.338 e. The summed E-state index contributed by atoms with van der Waals surface area (Å²) in [6.45, 7) is 12.4. The molecule has 0 aromatic carbocycles. The van der Waals surface area contributed by atoms with E-state index < -0.39 is 0 Å². The molecule has 1 atom stereocenters. The van der Waals surface area contributed by atoms with Gasteiger partial charge in [0.2, 0.25) is 0 Å². The molecule has 1 aliphatic heterocycles. The highest BCUT2D eigenvalue weighted by atomic mass is 16.2. The molecule has 1 saturated heterocycles. The highest BCUT2D eigenvalue weighted by molar-refractivity contribution is 5.73. The number of urea groups is 1. The summed E-state index contributed by atoms with van der Waals surface area (Å²) in [7, 11) is 0. The Morgan fingerprint density at radius 1 is 1.26 bits per heavy atom. The normalized spacial score (nSPS) is 17.7. The molecule has 128 valence electrons. The molecule has 6 nitrogen and oxygen atoms in total. The number of hydrogen-bond donors (Lipinski definition) is 2. The first kappa shape index (κ1) is 17.7. The fraction of sp³-hybridized carbons (Fsp3) is 0.647. The van der Waals surface area contributed by atoms with Gasteiger partial charge in [0.15, 0.2) is 0 Å². The second kappa shape index (κ2) is 9.47. The van der Waals surface area contributed by atoms with Gasteiger partial charge in [0, 0.05) is 58.2 Å². The summed E-state index contributed by atoms with van der Waals surface area (Å²) >= 11 is 0. The lowest BCUT2D eigenvalue weighted by molar-refractivity contribution is 0.124. The van der Waals surface area contributed by atoms with Gasteiger partial charge in [0.1, 0.15) is 0 Å². The van der Waals surface area contributed by atoms with Crippen molar-refractivity contribution in [3.05, 3.63) is 30.1 Å². The summed E-state index contributed by atoms with van der Waals surface area (Å²) in [6.07, 6.45) is 3.49. The van der Waals surface area contributed by atoms with Gasteiger partial charge in [-0.25, -0.2) is 4.79 Å². The molecule has 1 aliphatic rings. The van der Waals surface area contributed by atoms with Crippen molar-refractivity contribution >= 4 is 6.03 Å². The van der Waals surface area contributed by atoms with Gasteiger partial charge in [-0.3, -0.25) is 4.98 Å². The highest BCUT2D eigenvalue weighted by Crippen LogP contribution is 2.05. The smallest absolute Gasteiger partial charge is 0.315 e. The van der Waals surface area contributed by atoms with Crippen LogP contribution in [0.2, 0.25) is 0 Å². The Bertz CT molecular complexity index is 459. The second-order valence-corrected chi connectivity index (χ2v) is 6.26. The zero-order valence-electron chi connectivity index (χ0n) is 14.3.